The van der Waals surface area contributed by atoms with Crippen LogP contribution in [0.25, 0.3) is 0 Å². The highest BCUT2D eigenvalue weighted by molar-refractivity contribution is 5.71. The van der Waals surface area contributed by atoms with E-state index in [2.05, 4.69) is 26.8 Å². The molecule has 292 valence electrons. The smallest absolute Gasteiger partial charge is 0.306 e. The molecule has 6 nitrogen and oxygen atoms in total. The molecule has 0 aliphatic heterocycles. The second-order valence-electron chi connectivity index (χ2n) is 13.7. The van der Waals surface area contributed by atoms with Crippen LogP contribution < -0.4 is 0 Å². The van der Waals surface area contributed by atoms with Crippen molar-refractivity contribution in [2.24, 2.45) is 0 Å². The highest BCUT2D eigenvalue weighted by Crippen LogP contribution is 2.14. The molecule has 0 aromatic carbocycles. The van der Waals surface area contributed by atoms with Gasteiger partial charge in [0.05, 0.1) is 0 Å². The molecule has 1 atom stereocenters. The summed E-state index contributed by atoms with van der Waals surface area (Å²) >= 11 is 0. The monoisotopic (exact) mass is 713 g/mol. The normalized spacial score (nSPS) is 12.6. The molecular formula is C45H76O6. The number of allylic oxidation sites excluding steroid dienone is 10. The number of esters is 3. The van der Waals surface area contributed by atoms with E-state index in [-0.39, 0.29) is 37.5 Å². The van der Waals surface area contributed by atoms with Crippen LogP contribution in [0.3, 0.4) is 0 Å². The zero-order valence-electron chi connectivity index (χ0n) is 33.1. The molecule has 6 heteroatoms. The van der Waals surface area contributed by atoms with Crippen molar-refractivity contribution < 1.29 is 28.6 Å². The molecule has 0 bridgehead atoms. The molecule has 0 aliphatic carbocycles. The first-order valence-electron chi connectivity index (χ1n) is 20.9. The van der Waals surface area contributed by atoms with Crippen LogP contribution in [0.5, 0.6) is 0 Å². The Morgan fingerprint density at radius 2 is 0.765 bits per heavy atom. The summed E-state index contributed by atoms with van der Waals surface area (Å²) in [5, 5.41) is 0. The van der Waals surface area contributed by atoms with E-state index < -0.39 is 6.10 Å². The molecule has 1 unspecified atom stereocenters. The Morgan fingerprint density at radius 1 is 0.412 bits per heavy atom. The molecule has 0 saturated carbocycles. The fourth-order valence-electron chi connectivity index (χ4n) is 5.53. The van der Waals surface area contributed by atoms with Gasteiger partial charge in [0.2, 0.25) is 0 Å². The molecule has 0 fully saturated rings. The summed E-state index contributed by atoms with van der Waals surface area (Å²) in [5.41, 5.74) is 0. The first-order chi connectivity index (χ1) is 25.0. The summed E-state index contributed by atoms with van der Waals surface area (Å²) in [5.74, 6) is -0.981. The van der Waals surface area contributed by atoms with Gasteiger partial charge in [-0.1, -0.05) is 197 Å². The van der Waals surface area contributed by atoms with Crippen molar-refractivity contribution in [3.8, 4) is 0 Å². The second-order valence-corrected chi connectivity index (χ2v) is 13.7. The van der Waals surface area contributed by atoms with Crippen LogP contribution in [0.1, 0.15) is 188 Å². The first kappa shape index (κ1) is 48.1. The third-order valence-corrected chi connectivity index (χ3v) is 8.66. The van der Waals surface area contributed by atoms with E-state index >= 15 is 0 Å². The minimum absolute atomic E-state index is 0.0950. The summed E-state index contributed by atoms with van der Waals surface area (Å²) < 4.78 is 16.6. The molecule has 0 radical (unpaired) electrons. The van der Waals surface area contributed by atoms with Crippen molar-refractivity contribution in [1.82, 2.24) is 0 Å². The third kappa shape index (κ3) is 38.2. The molecule has 0 rings (SSSR count). The third-order valence-electron chi connectivity index (χ3n) is 8.66. The zero-order chi connectivity index (χ0) is 37.3. The van der Waals surface area contributed by atoms with Gasteiger partial charge in [0, 0.05) is 19.3 Å². The molecule has 0 saturated heterocycles. The number of hydrogen-bond donors (Lipinski definition) is 0. The van der Waals surface area contributed by atoms with E-state index in [0.717, 1.165) is 51.4 Å². The van der Waals surface area contributed by atoms with Crippen molar-refractivity contribution in [2.75, 3.05) is 13.2 Å². The summed E-state index contributed by atoms with van der Waals surface area (Å²) in [6, 6.07) is 0. The van der Waals surface area contributed by atoms with Crippen LogP contribution in [0, 0.1) is 0 Å². The van der Waals surface area contributed by atoms with Crippen molar-refractivity contribution in [3.05, 3.63) is 60.8 Å². The summed E-state index contributed by atoms with van der Waals surface area (Å²) in [7, 11) is 0. The van der Waals surface area contributed by atoms with E-state index in [9.17, 15) is 14.4 Å². The molecule has 0 N–H and O–H groups in total. The number of hydrogen-bond acceptors (Lipinski definition) is 6. The molecule has 0 aromatic rings. The van der Waals surface area contributed by atoms with Crippen LogP contribution in [-0.2, 0) is 28.6 Å². The fraction of sp³-hybridized carbons (Fsp3) is 0.711. The van der Waals surface area contributed by atoms with Crippen molar-refractivity contribution >= 4 is 17.9 Å². The maximum Gasteiger partial charge on any atom is 0.306 e. The van der Waals surface area contributed by atoms with Gasteiger partial charge in [-0.3, -0.25) is 14.4 Å². The Bertz CT molecular complexity index is 960. The number of carbonyl (C=O) groups excluding carboxylic acids is 3. The van der Waals surface area contributed by atoms with Gasteiger partial charge in [0.1, 0.15) is 13.2 Å². The Morgan fingerprint density at radius 3 is 1.20 bits per heavy atom. The number of ether oxygens (including phenoxy) is 3. The summed E-state index contributed by atoms with van der Waals surface area (Å²) in [6.07, 6.45) is 46.4. The zero-order valence-corrected chi connectivity index (χ0v) is 33.1. The van der Waals surface area contributed by atoms with Crippen LogP contribution in [-0.4, -0.2) is 37.2 Å². The second kappa shape index (κ2) is 39.9. The van der Waals surface area contributed by atoms with Gasteiger partial charge >= 0.3 is 17.9 Å². The first-order valence-corrected chi connectivity index (χ1v) is 20.9. The van der Waals surface area contributed by atoms with Gasteiger partial charge in [-0.25, -0.2) is 0 Å². The van der Waals surface area contributed by atoms with Crippen molar-refractivity contribution in [3.63, 3.8) is 0 Å². The standard InChI is InChI=1S/C45H76O6/c1-4-7-10-13-16-19-21-22-24-26-29-32-35-38-44(47)50-41-42(40-49-43(46)37-34-31-28-25-18-15-12-9-6-3)51-45(48)39-36-33-30-27-23-20-17-14-11-8-5-2/h7,10,13,16,19,21-22,24,26,29,42H,4-6,8-9,11-12,14-15,17-18,20,23,25,27-28,30-41H2,1-3H3/b10-7-,16-13-,21-19-,24-22-,29-26-. The number of carbonyl (C=O) groups is 3. The molecule has 0 heterocycles. The van der Waals surface area contributed by atoms with Crippen molar-refractivity contribution in [2.45, 2.75) is 194 Å². The molecule has 51 heavy (non-hydrogen) atoms. The van der Waals surface area contributed by atoms with E-state index in [1.54, 1.807) is 0 Å². The predicted molar refractivity (Wildman–Crippen MR) is 215 cm³/mol. The summed E-state index contributed by atoms with van der Waals surface area (Å²) in [6.45, 7) is 6.37. The Balaban J connectivity index is 4.50. The quantitative estimate of drug-likeness (QED) is 0.0278. The molecule has 0 amide bonds. The van der Waals surface area contributed by atoms with Crippen molar-refractivity contribution in [1.29, 1.82) is 0 Å². The highest BCUT2D eigenvalue weighted by atomic mass is 16.6. The van der Waals surface area contributed by atoms with Crippen LogP contribution >= 0.6 is 0 Å². The lowest BCUT2D eigenvalue weighted by Crippen LogP contribution is -2.30. The van der Waals surface area contributed by atoms with Crippen LogP contribution in [0.4, 0.5) is 0 Å². The molecule has 0 aliphatic rings. The minimum Gasteiger partial charge on any atom is -0.462 e. The average Bonchev–Trinajstić information content (AvgIpc) is 3.12. The topological polar surface area (TPSA) is 78.9 Å². The van der Waals surface area contributed by atoms with Gasteiger partial charge in [0.15, 0.2) is 6.10 Å². The predicted octanol–water partition coefficient (Wildman–Crippen LogP) is 13.0. The average molecular weight is 713 g/mol. The molecular weight excluding hydrogens is 636 g/mol. The Hall–Kier alpha value is -2.89. The van der Waals surface area contributed by atoms with Gasteiger partial charge in [-0.15, -0.1) is 0 Å². The van der Waals surface area contributed by atoms with Gasteiger partial charge < -0.3 is 14.2 Å². The van der Waals surface area contributed by atoms with Gasteiger partial charge in [-0.05, 0) is 32.1 Å². The maximum absolute atomic E-state index is 12.6. The molecule has 0 aromatic heterocycles. The lowest BCUT2D eigenvalue weighted by atomic mass is 10.1. The van der Waals surface area contributed by atoms with Crippen LogP contribution in [0.2, 0.25) is 0 Å². The maximum atomic E-state index is 12.6. The largest absolute Gasteiger partial charge is 0.462 e. The molecule has 0 spiro atoms. The minimum atomic E-state index is -0.795. The van der Waals surface area contributed by atoms with Gasteiger partial charge in [-0.2, -0.15) is 0 Å². The fourth-order valence-corrected chi connectivity index (χ4v) is 5.53. The van der Waals surface area contributed by atoms with Crippen LogP contribution in [0.15, 0.2) is 60.8 Å². The summed E-state index contributed by atoms with van der Waals surface area (Å²) in [4.78, 5) is 37.5. The van der Waals surface area contributed by atoms with Gasteiger partial charge in [0.25, 0.3) is 0 Å². The van der Waals surface area contributed by atoms with E-state index in [1.165, 1.54) is 89.9 Å². The van der Waals surface area contributed by atoms with E-state index in [4.69, 9.17) is 14.2 Å². The lowest BCUT2D eigenvalue weighted by Gasteiger charge is -2.18. The Labute approximate surface area is 313 Å². The lowest BCUT2D eigenvalue weighted by molar-refractivity contribution is -0.167. The number of unbranched alkanes of at least 4 members (excludes halogenated alkanes) is 19. The van der Waals surface area contributed by atoms with E-state index in [1.807, 2.05) is 54.7 Å². The highest BCUT2D eigenvalue weighted by Gasteiger charge is 2.19. The SMILES string of the molecule is CC\C=C/C=C\C=C/C=C\C=C/CCCC(=O)OCC(COC(=O)CCCCCCCCCCC)OC(=O)CCCCCCCCCCCCC. The number of rotatable bonds is 36. The van der Waals surface area contributed by atoms with E-state index in [0.29, 0.717) is 19.3 Å². The Kier molecular flexibility index (Phi) is 37.6.